The van der Waals surface area contributed by atoms with E-state index in [1.54, 1.807) is 43.5 Å². The largest absolute Gasteiger partial charge is 0.493 e. The smallest absolute Gasteiger partial charge is 0.272 e. The standard InChI is InChI=1S/C26H22N2O4S/c1-31-22-13-12-17(16-23(22)32-2)15-21(28-26(30)24-11-6-14-33-24)25(29)27-20-10-5-8-18-7-3-4-9-19(18)20/h3-16H,1-2H3,(H,27,29)(H,28,30)/b21-15-. The van der Waals surface area contributed by atoms with E-state index >= 15 is 0 Å². The molecule has 1 heterocycles. The van der Waals surface area contributed by atoms with Gasteiger partial charge in [0.25, 0.3) is 11.8 Å². The van der Waals surface area contributed by atoms with Crippen molar-refractivity contribution >= 4 is 45.7 Å². The van der Waals surface area contributed by atoms with E-state index in [-0.39, 0.29) is 11.6 Å². The highest BCUT2D eigenvalue weighted by atomic mass is 32.1. The molecular formula is C26H22N2O4S. The number of carbonyl (C=O) groups is 2. The van der Waals surface area contributed by atoms with E-state index in [1.807, 2.05) is 47.8 Å². The number of thiophene rings is 1. The zero-order valence-corrected chi connectivity index (χ0v) is 18.9. The highest BCUT2D eigenvalue weighted by molar-refractivity contribution is 7.12. The number of rotatable bonds is 7. The van der Waals surface area contributed by atoms with E-state index < -0.39 is 5.91 Å². The Hall–Kier alpha value is -4.10. The predicted octanol–water partition coefficient (Wildman–Crippen LogP) is 5.33. The molecule has 0 aliphatic rings. The molecule has 0 spiro atoms. The molecule has 6 nitrogen and oxygen atoms in total. The molecule has 2 N–H and O–H groups in total. The van der Waals surface area contributed by atoms with E-state index in [0.29, 0.717) is 27.6 Å². The van der Waals surface area contributed by atoms with Crippen molar-refractivity contribution < 1.29 is 19.1 Å². The molecule has 4 rings (SSSR count). The predicted molar refractivity (Wildman–Crippen MR) is 132 cm³/mol. The van der Waals surface area contributed by atoms with Crippen molar-refractivity contribution in [2.24, 2.45) is 0 Å². The molecule has 0 unspecified atom stereocenters. The zero-order valence-electron chi connectivity index (χ0n) is 18.1. The van der Waals surface area contributed by atoms with Crippen LogP contribution in [0.25, 0.3) is 16.8 Å². The second kappa shape index (κ2) is 10.0. The zero-order chi connectivity index (χ0) is 23.2. The fourth-order valence-electron chi connectivity index (χ4n) is 3.38. The number of ether oxygens (including phenoxy) is 2. The van der Waals surface area contributed by atoms with Crippen LogP contribution in [0.4, 0.5) is 5.69 Å². The molecule has 0 atom stereocenters. The lowest BCUT2D eigenvalue weighted by Crippen LogP contribution is -2.30. The van der Waals surface area contributed by atoms with E-state index in [9.17, 15) is 9.59 Å². The summed E-state index contributed by atoms with van der Waals surface area (Å²) in [6.07, 6.45) is 1.61. The summed E-state index contributed by atoms with van der Waals surface area (Å²) >= 11 is 1.30. The lowest BCUT2D eigenvalue weighted by atomic mass is 10.1. The van der Waals surface area contributed by atoms with Crippen LogP contribution in [0.15, 0.2) is 83.9 Å². The van der Waals surface area contributed by atoms with Gasteiger partial charge >= 0.3 is 0 Å². The molecular weight excluding hydrogens is 436 g/mol. The van der Waals surface area contributed by atoms with Gasteiger partial charge in [0.15, 0.2) is 11.5 Å². The van der Waals surface area contributed by atoms with Crippen molar-refractivity contribution in [1.29, 1.82) is 0 Å². The first-order valence-corrected chi connectivity index (χ1v) is 11.0. The number of anilines is 1. The molecule has 3 aromatic carbocycles. The molecule has 2 amide bonds. The lowest BCUT2D eigenvalue weighted by molar-refractivity contribution is -0.113. The summed E-state index contributed by atoms with van der Waals surface area (Å²) in [6.45, 7) is 0. The summed E-state index contributed by atoms with van der Waals surface area (Å²) in [6, 6.07) is 22.2. The molecule has 0 radical (unpaired) electrons. The highest BCUT2D eigenvalue weighted by Gasteiger charge is 2.17. The van der Waals surface area contributed by atoms with Crippen LogP contribution in [-0.4, -0.2) is 26.0 Å². The highest BCUT2D eigenvalue weighted by Crippen LogP contribution is 2.29. The summed E-state index contributed by atoms with van der Waals surface area (Å²) in [7, 11) is 3.09. The Kier molecular flexibility index (Phi) is 6.71. The Morgan fingerprint density at radius 1 is 0.879 bits per heavy atom. The molecule has 166 valence electrons. The monoisotopic (exact) mass is 458 g/mol. The summed E-state index contributed by atoms with van der Waals surface area (Å²) in [5.41, 5.74) is 1.43. The third kappa shape index (κ3) is 5.05. The molecule has 0 aliphatic heterocycles. The van der Waals surface area contributed by atoms with Gasteiger partial charge in [-0.25, -0.2) is 0 Å². The van der Waals surface area contributed by atoms with Gasteiger partial charge < -0.3 is 20.1 Å². The molecule has 0 saturated heterocycles. The first-order valence-electron chi connectivity index (χ1n) is 10.2. The van der Waals surface area contributed by atoms with Crippen molar-refractivity contribution in [3.8, 4) is 11.5 Å². The van der Waals surface area contributed by atoms with Crippen LogP contribution in [0.3, 0.4) is 0 Å². The fraction of sp³-hybridized carbons (Fsp3) is 0.0769. The summed E-state index contributed by atoms with van der Waals surface area (Å²) in [4.78, 5) is 26.5. The Morgan fingerprint density at radius 2 is 1.67 bits per heavy atom. The van der Waals surface area contributed by atoms with Crippen LogP contribution < -0.4 is 20.1 Å². The summed E-state index contributed by atoms with van der Waals surface area (Å²) < 4.78 is 10.6. The Balaban J connectivity index is 1.69. The second-order valence-corrected chi connectivity index (χ2v) is 8.03. The molecule has 33 heavy (non-hydrogen) atoms. The number of hydrogen-bond donors (Lipinski definition) is 2. The topological polar surface area (TPSA) is 76.7 Å². The van der Waals surface area contributed by atoms with Gasteiger partial charge in [-0.2, -0.15) is 0 Å². The lowest BCUT2D eigenvalue weighted by Gasteiger charge is -2.13. The SMILES string of the molecule is COc1ccc(/C=C(\NC(=O)c2cccs2)C(=O)Nc2cccc3ccccc23)cc1OC. The molecule has 4 aromatic rings. The maximum atomic E-state index is 13.3. The minimum Gasteiger partial charge on any atom is -0.493 e. The van der Waals surface area contributed by atoms with Crippen molar-refractivity contribution in [3.63, 3.8) is 0 Å². The van der Waals surface area contributed by atoms with Gasteiger partial charge in [-0.05, 0) is 46.7 Å². The number of amides is 2. The fourth-order valence-corrected chi connectivity index (χ4v) is 4.00. The van der Waals surface area contributed by atoms with E-state index in [2.05, 4.69) is 10.6 Å². The van der Waals surface area contributed by atoms with Crippen molar-refractivity contribution in [2.75, 3.05) is 19.5 Å². The number of methoxy groups -OCH3 is 2. The number of nitrogens with one attached hydrogen (secondary N) is 2. The first kappa shape index (κ1) is 22.1. The molecule has 0 fully saturated rings. The second-order valence-electron chi connectivity index (χ2n) is 7.08. The van der Waals surface area contributed by atoms with E-state index in [1.165, 1.54) is 18.4 Å². The Labute approximate surface area is 195 Å². The van der Waals surface area contributed by atoms with Crippen LogP contribution in [0, 0.1) is 0 Å². The Bertz CT molecular complexity index is 1320. The normalized spacial score (nSPS) is 11.2. The van der Waals surface area contributed by atoms with Crippen LogP contribution in [0.1, 0.15) is 15.2 Å². The quantitative estimate of drug-likeness (QED) is 0.367. The molecule has 7 heteroatoms. The summed E-state index contributed by atoms with van der Waals surface area (Å²) in [5.74, 6) is 0.291. The van der Waals surface area contributed by atoms with Crippen LogP contribution in [-0.2, 0) is 4.79 Å². The van der Waals surface area contributed by atoms with Crippen LogP contribution in [0.2, 0.25) is 0 Å². The number of benzene rings is 3. The van der Waals surface area contributed by atoms with Crippen molar-refractivity contribution in [1.82, 2.24) is 5.32 Å². The van der Waals surface area contributed by atoms with Crippen molar-refractivity contribution in [3.05, 3.63) is 94.3 Å². The molecule has 0 bridgehead atoms. The average molecular weight is 459 g/mol. The molecule has 0 saturated carbocycles. The van der Waals surface area contributed by atoms with Gasteiger partial charge in [0.1, 0.15) is 5.70 Å². The summed E-state index contributed by atoms with van der Waals surface area (Å²) in [5, 5.41) is 9.40. The van der Waals surface area contributed by atoms with Gasteiger partial charge in [0.05, 0.1) is 19.1 Å². The third-order valence-corrected chi connectivity index (χ3v) is 5.86. The third-order valence-electron chi connectivity index (χ3n) is 4.99. The maximum Gasteiger partial charge on any atom is 0.272 e. The first-order chi connectivity index (χ1) is 16.1. The van der Waals surface area contributed by atoms with Gasteiger partial charge in [0, 0.05) is 11.1 Å². The van der Waals surface area contributed by atoms with Crippen LogP contribution >= 0.6 is 11.3 Å². The van der Waals surface area contributed by atoms with E-state index in [0.717, 1.165) is 10.8 Å². The van der Waals surface area contributed by atoms with Crippen LogP contribution in [0.5, 0.6) is 11.5 Å². The van der Waals surface area contributed by atoms with E-state index in [4.69, 9.17) is 9.47 Å². The minimum atomic E-state index is -0.439. The molecule has 1 aromatic heterocycles. The number of fused-ring (bicyclic) bond motifs is 1. The number of hydrogen-bond acceptors (Lipinski definition) is 5. The minimum absolute atomic E-state index is 0.105. The van der Waals surface area contributed by atoms with Gasteiger partial charge in [-0.3, -0.25) is 9.59 Å². The number of carbonyl (C=O) groups excluding carboxylic acids is 2. The van der Waals surface area contributed by atoms with Gasteiger partial charge in [-0.1, -0.05) is 48.5 Å². The Morgan fingerprint density at radius 3 is 2.42 bits per heavy atom. The maximum absolute atomic E-state index is 13.3. The molecule has 0 aliphatic carbocycles. The van der Waals surface area contributed by atoms with Gasteiger partial charge in [0.2, 0.25) is 0 Å². The van der Waals surface area contributed by atoms with Gasteiger partial charge in [-0.15, -0.1) is 11.3 Å². The van der Waals surface area contributed by atoms with Crippen molar-refractivity contribution in [2.45, 2.75) is 0 Å². The average Bonchev–Trinajstić information content (AvgIpc) is 3.39.